The van der Waals surface area contributed by atoms with E-state index in [1.165, 1.54) is 6.42 Å². The number of aromatic nitrogens is 1. The van der Waals surface area contributed by atoms with Crippen LogP contribution < -0.4 is 0 Å². The molecule has 3 atom stereocenters. The Morgan fingerprint density at radius 1 is 1.35 bits per heavy atom. The smallest absolute Gasteiger partial charge is 0.340 e. The Morgan fingerprint density at radius 3 is 2.95 bits per heavy atom. The molecule has 4 heteroatoms. The van der Waals surface area contributed by atoms with E-state index in [4.69, 9.17) is 4.74 Å². The Labute approximate surface area is 117 Å². The Bertz CT molecular complexity index is 663. The minimum Gasteiger partial charge on any atom is -0.457 e. The number of para-hydroxylation sites is 1. The molecule has 2 aliphatic heterocycles. The number of aromatic amines is 1. The van der Waals surface area contributed by atoms with Crippen molar-refractivity contribution < 1.29 is 9.53 Å². The zero-order valence-electron chi connectivity index (χ0n) is 11.5. The van der Waals surface area contributed by atoms with Gasteiger partial charge in [-0.3, -0.25) is 4.90 Å². The number of nitrogens with one attached hydrogen (secondary N) is 1. The van der Waals surface area contributed by atoms with E-state index in [9.17, 15) is 4.79 Å². The van der Waals surface area contributed by atoms with Crippen LogP contribution in [0.25, 0.3) is 10.9 Å². The lowest BCUT2D eigenvalue weighted by molar-refractivity contribution is 0.0214. The number of ether oxygens (including phenoxy) is 1. The van der Waals surface area contributed by atoms with Crippen molar-refractivity contribution in [1.29, 1.82) is 0 Å². The van der Waals surface area contributed by atoms with Crippen molar-refractivity contribution in [2.24, 2.45) is 0 Å². The fourth-order valence-corrected chi connectivity index (χ4v) is 3.77. The first-order valence-corrected chi connectivity index (χ1v) is 7.23. The molecular formula is C16H18N2O2. The Balaban J connectivity index is 1.56. The van der Waals surface area contributed by atoms with E-state index >= 15 is 0 Å². The van der Waals surface area contributed by atoms with Crippen LogP contribution in [0.3, 0.4) is 0 Å². The number of nitrogens with zero attached hydrogens (tertiary/aromatic N) is 1. The molecule has 2 aromatic rings. The van der Waals surface area contributed by atoms with Crippen molar-refractivity contribution in [3.05, 3.63) is 36.0 Å². The lowest BCUT2D eigenvalue weighted by Crippen LogP contribution is -2.32. The predicted octanol–water partition coefficient (Wildman–Crippen LogP) is 2.56. The zero-order chi connectivity index (χ0) is 13.7. The highest BCUT2D eigenvalue weighted by Gasteiger charge is 2.46. The van der Waals surface area contributed by atoms with Crippen LogP contribution in [-0.4, -0.2) is 41.1 Å². The summed E-state index contributed by atoms with van der Waals surface area (Å²) in [6, 6.07) is 8.83. The van der Waals surface area contributed by atoms with Gasteiger partial charge in [-0.05, 0) is 26.0 Å². The molecule has 3 unspecified atom stereocenters. The molecular weight excluding hydrogens is 252 g/mol. The van der Waals surface area contributed by atoms with Crippen LogP contribution in [-0.2, 0) is 4.74 Å². The SMILES string of the molecule is CN1C2CCC1C(OC(=O)c1c[nH]c3ccccc13)C2. The van der Waals surface area contributed by atoms with Crippen molar-refractivity contribution in [2.45, 2.75) is 37.5 Å². The number of carbonyl (C=O) groups is 1. The number of carbonyl (C=O) groups excluding carboxylic acids is 1. The summed E-state index contributed by atoms with van der Waals surface area (Å²) in [6.45, 7) is 0. The Hall–Kier alpha value is -1.81. The summed E-state index contributed by atoms with van der Waals surface area (Å²) in [5, 5.41) is 0.939. The Morgan fingerprint density at radius 2 is 2.20 bits per heavy atom. The third-order valence-corrected chi connectivity index (χ3v) is 4.90. The minimum absolute atomic E-state index is 0.0555. The van der Waals surface area contributed by atoms with Crippen molar-refractivity contribution in [1.82, 2.24) is 9.88 Å². The molecule has 2 fully saturated rings. The van der Waals surface area contributed by atoms with Crippen molar-refractivity contribution in [3.8, 4) is 0 Å². The van der Waals surface area contributed by atoms with Gasteiger partial charge in [0.05, 0.1) is 5.56 Å². The molecule has 0 amide bonds. The van der Waals surface area contributed by atoms with Crippen LogP contribution in [0.2, 0.25) is 0 Å². The first kappa shape index (κ1) is 12.0. The van der Waals surface area contributed by atoms with Crippen LogP contribution in [0.15, 0.2) is 30.5 Å². The fraction of sp³-hybridized carbons (Fsp3) is 0.438. The molecule has 4 rings (SSSR count). The highest BCUT2D eigenvalue weighted by molar-refractivity contribution is 6.04. The van der Waals surface area contributed by atoms with Gasteiger partial charge in [-0.1, -0.05) is 18.2 Å². The van der Waals surface area contributed by atoms with E-state index < -0.39 is 0 Å². The molecule has 1 aromatic heterocycles. The highest BCUT2D eigenvalue weighted by atomic mass is 16.5. The quantitative estimate of drug-likeness (QED) is 0.853. The molecule has 104 valence electrons. The number of fused-ring (bicyclic) bond motifs is 3. The molecule has 2 saturated heterocycles. The van der Waals surface area contributed by atoms with Crippen LogP contribution in [0.4, 0.5) is 0 Å². The number of hydrogen-bond donors (Lipinski definition) is 1. The summed E-state index contributed by atoms with van der Waals surface area (Å²) in [4.78, 5) is 17.9. The molecule has 20 heavy (non-hydrogen) atoms. The van der Waals surface area contributed by atoms with Gasteiger partial charge in [-0.25, -0.2) is 4.79 Å². The second-order valence-corrected chi connectivity index (χ2v) is 5.89. The molecule has 0 aliphatic carbocycles. The van der Waals surface area contributed by atoms with Gasteiger partial charge in [0.2, 0.25) is 0 Å². The van der Waals surface area contributed by atoms with Gasteiger partial charge < -0.3 is 9.72 Å². The molecule has 0 radical (unpaired) electrons. The maximum atomic E-state index is 12.4. The second kappa shape index (κ2) is 4.35. The summed E-state index contributed by atoms with van der Waals surface area (Å²) >= 11 is 0. The minimum atomic E-state index is -0.201. The second-order valence-electron chi connectivity index (χ2n) is 5.89. The van der Waals surface area contributed by atoms with E-state index in [0.29, 0.717) is 17.6 Å². The van der Waals surface area contributed by atoms with Crippen LogP contribution >= 0.6 is 0 Å². The molecule has 3 heterocycles. The summed E-state index contributed by atoms with van der Waals surface area (Å²) in [5.41, 5.74) is 1.62. The van der Waals surface area contributed by atoms with E-state index in [1.54, 1.807) is 6.20 Å². The standard InChI is InChI=1S/C16H18N2O2/c1-18-10-6-7-14(18)15(8-10)20-16(19)12-9-17-13-5-3-2-4-11(12)13/h2-5,9-10,14-15,17H,6-8H2,1H3. The van der Waals surface area contributed by atoms with Gasteiger partial charge >= 0.3 is 5.97 Å². The molecule has 1 aromatic carbocycles. The monoisotopic (exact) mass is 270 g/mol. The first-order valence-electron chi connectivity index (χ1n) is 7.23. The third kappa shape index (κ3) is 1.68. The third-order valence-electron chi connectivity index (χ3n) is 4.90. The molecule has 1 N–H and O–H groups in total. The number of benzene rings is 1. The molecule has 2 bridgehead atoms. The largest absolute Gasteiger partial charge is 0.457 e. The van der Waals surface area contributed by atoms with Crippen molar-refractivity contribution in [2.75, 3.05) is 7.05 Å². The maximum absolute atomic E-state index is 12.4. The van der Waals surface area contributed by atoms with Crippen LogP contribution in [0.5, 0.6) is 0 Å². The van der Waals surface area contributed by atoms with E-state index in [2.05, 4.69) is 16.9 Å². The number of H-pyrrole nitrogens is 1. The summed E-state index contributed by atoms with van der Waals surface area (Å²) in [5.74, 6) is -0.201. The topological polar surface area (TPSA) is 45.3 Å². The van der Waals surface area contributed by atoms with Crippen molar-refractivity contribution in [3.63, 3.8) is 0 Å². The van der Waals surface area contributed by atoms with E-state index in [0.717, 1.165) is 23.7 Å². The molecule has 0 spiro atoms. The van der Waals surface area contributed by atoms with Gasteiger partial charge in [0.1, 0.15) is 6.10 Å². The van der Waals surface area contributed by atoms with Crippen LogP contribution in [0, 0.1) is 0 Å². The molecule has 4 nitrogen and oxygen atoms in total. The van der Waals surface area contributed by atoms with Gasteiger partial charge in [0.15, 0.2) is 0 Å². The van der Waals surface area contributed by atoms with Gasteiger partial charge in [-0.15, -0.1) is 0 Å². The summed E-state index contributed by atoms with van der Waals surface area (Å²) in [6.07, 6.45) is 5.18. The fourth-order valence-electron chi connectivity index (χ4n) is 3.77. The molecule has 2 aliphatic rings. The van der Waals surface area contributed by atoms with Crippen molar-refractivity contribution >= 4 is 16.9 Å². The molecule has 0 saturated carbocycles. The number of likely N-dealkylation sites (N-methyl/N-ethyl adjacent to an activating group) is 1. The highest BCUT2D eigenvalue weighted by Crippen LogP contribution is 2.38. The lowest BCUT2D eigenvalue weighted by Gasteiger charge is -2.21. The first-order chi connectivity index (χ1) is 9.74. The zero-order valence-corrected chi connectivity index (χ0v) is 11.5. The Kier molecular flexibility index (Phi) is 2.60. The van der Waals surface area contributed by atoms with Gasteiger partial charge in [0, 0.05) is 35.6 Å². The summed E-state index contributed by atoms with van der Waals surface area (Å²) in [7, 11) is 2.14. The lowest BCUT2D eigenvalue weighted by atomic mass is 9.98. The number of esters is 1. The van der Waals surface area contributed by atoms with E-state index in [1.807, 2.05) is 24.3 Å². The maximum Gasteiger partial charge on any atom is 0.340 e. The number of hydrogen-bond acceptors (Lipinski definition) is 3. The number of rotatable bonds is 2. The average Bonchev–Trinajstić information content (AvgIpc) is 3.11. The van der Waals surface area contributed by atoms with Gasteiger partial charge in [0.25, 0.3) is 0 Å². The van der Waals surface area contributed by atoms with Crippen LogP contribution in [0.1, 0.15) is 29.6 Å². The average molecular weight is 270 g/mol. The van der Waals surface area contributed by atoms with Gasteiger partial charge in [-0.2, -0.15) is 0 Å². The summed E-state index contributed by atoms with van der Waals surface area (Å²) < 4.78 is 5.77. The normalized spacial score (nSPS) is 29.1. The van der Waals surface area contributed by atoms with E-state index in [-0.39, 0.29) is 12.1 Å². The predicted molar refractivity (Wildman–Crippen MR) is 76.7 cm³/mol.